The van der Waals surface area contributed by atoms with E-state index < -0.39 is 4.92 Å². The van der Waals surface area contributed by atoms with Gasteiger partial charge in [0.25, 0.3) is 5.69 Å². The van der Waals surface area contributed by atoms with Crippen molar-refractivity contribution in [2.24, 2.45) is 5.92 Å². The van der Waals surface area contributed by atoms with Crippen LogP contribution in [0, 0.1) is 16.0 Å². The lowest BCUT2D eigenvalue weighted by atomic mass is 9.98. The van der Waals surface area contributed by atoms with Crippen LogP contribution in [0.5, 0.6) is 0 Å². The molecule has 5 heteroatoms. The molecule has 0 amide bonds. The van der Waals surface area contributed by atoms with Crippen LogP contribution in [0.3, 0.4) is 0 Å². The van der Waals surface area contributed by atoms with Crippen molar-refractivity contribution < 1.29 is 9.72 Å². The predicted molar refractivity (Wildman–Crippen MR) is 62.6 cm³/mol. The molecule has 1 unspecified atom stereocenters. The van der Waals surface area contributed by atoms with Gasteiger partial charge in [-0.25, -0.2) is 0 Å². The van der Waals surface area contributed by atoms with Gasteiger partial charge in [0, 0.05) is 23.8 Å². The van der Waals surface area contributed by atoms with E-state index >= 15 is 0 Å². The number of ketones is 1. The van der Waals surface area contributed by atoms with Crippen LogP contribution in [-0.2, 0) is 11.2 Å². The highest BCUT2D eigenvalue weighted by Crippen LogP contribution is 2.24. The Morgan fingerprint density at radius 3 is 2.56 bits per heavy atom. The summed E-state index contributed by atoms with van der Waals surface area (Å²) >= 11 is 1.66. The van der Waals surface area contributed by atoms with Gasteiger partial charge in [0.15, 0.2) is 0 Å². The highest BCUT2D eigenvalue weighted by atomic mass is 32.2. The third-order valence-corrected chi connectivity index (χ3v) is 3.77. The topological polar surface area (TPSA) is 60.2 Å². The van der Waals surface area contributed by atoms with Gasteiger partial charge >= 0.3 is 0 Å². The molecular weight excluding hydrogens is 226 g/mol. The summed E-state index contributed by atoms with van der Waals surface area (Å²) in [6, 6.07) is 6.44. The fourth-order valence-electron chi connectivity index (χ4n) is 1.72. The molecule has 0 bridgehead atoms. The number of Topliss-reactive ketones (excluding diaryl/α,β-unsaturated/α-hetero) is 1. The zero-order valence-corrected chi connectivity index (χ0v) is 9.40. The minimum Gasteiger partial charge on any atom is -0.298 e. The number of carbonyl (C=O) groups is 1. The molecule has 0 N–H and O–H groups in total. The summed E-state index contributed by atoms with van der Waals surface area (Å²) < 4.78 is 0. The highest BCUT2D eigenvalue weighted by Gasteiger charge is 2.24. The minimum absolute atomic E-state index is 0.0893. The molecule has 0 aromatic heterocycles. The van der Waals surface area contributed by atoms with Crippen LogP contribution in [0.25, 0.3) is 0 Å². The highest BCUT2D eigenvalue weighted by molar-refractivity contribution is 8.00. The Morgan fingerprint density at radius 1 is 1.38 bits per heavy atom. The van der Waals surface area contributed by atoms with E-state index in [1.165, 1.54) is 12.1 Å². The van der Waals surface area contributed by atoms with Crippen LogP contribution in [0.2, 0.25) is 0 Å². The van der Waals surface area contributed by atoms with Gasteiger partial charge in [-0.15, -0.1) is 0 Å². The molecule has 1 aliphatic rings. The van der Waals surface area contributed by atoms with E-state index in [1.807, 2.05) is 0 Å². The molecule has 1 aliphatic heterocycles. The second-order valence-corrected chi connectivity index (χ2v) is 4.84. The summed E-state index contributed by atoms with van der Waals surface area (Å²) in [5.41, 5.74) is 1.09. The lowest BCUT2D eigenvalue weighted by Gasteiger charge is -2.06. The van der Waals surface area contributed by atoms with Crippen molar-refractivity contribution in [3.8, 4) is 0 Å². The first-order valence-corrected chi connectivity index (χ1v) is 6.16. The Hall–Kier alpha value is -1.36. The van der Waals surface area contributed by atoms with E-state index in [0.29, 0.717) is 18.0 Å². The molecule has 1 atom stereocenters. The lowest BCUT2D eigenvalue weighted by molar-refractivity contribution is -0.384. The molecular formula is C11H11NO3S. The number of non-ortho nitro benzene ring substituents is 1. The number of hydrogen-bond donors (Lipinski definition) is 0. The van der Waals surface area contributed by atoms with Gasteiger partial charge in [0.1, 0.15) is 5.78 Å². The summed E-state index contributed by atoms with van der Waals surface area (Å²) in [4.78, 5) is 21.5. The zero-order chi connectivity index (χ0) is 11.5. The molecule has 1 aromatic rings. The maximum absolute atomic E-state index is 11.4. The third kappa shape index (κ3) is 2.41. The Morgan fingerprint density at radius 2 is 2.06 bits per heavy atom. The number of rotatable bonds is 3. The van der Waals surface area contributed by atoms with Crippen molar-refractivity contribution in [1.29, 1.82) is 0 Å². The maximum Gasteiger partial charge on any atom is 0.269 e. The molecule has 1 saturated heterocycles. The summed E-state index contributed by atoms with van der Waals surface area (Å²) in [6.07, 6.45) is 0.698. The molecule has 4 nitrogen and oxygen atoms in total. The van der Waals surface area contributed by atoms with Gasteiger partial charge in [0.2, 0.25) is 0 Å². The fraction of sp³-hybridized carbons (Fsp3) is 0.364. The largest absolute Gasteiger partial charge is 0.298 e. The molecule has 2 rings (SSSR count). The summed E-state index contributed by atoms with van der Waals surface area (Å²) in [7, 11) is 0. The normalized spacial score (nSPS) is 20.0. The fourth-order valence-corrected chi connectivity index (χ4v) is 2.87. The molecule has 1 fully saturated rings. The smallest absolute Gasteiger partial charge is 0.269 e. The monoisotopic (exact) mass is 237 g/mol. The van der Waals surface area contributed by atoms with E-state index in [2.05, 4.69) is 0 Å². The summed E-state index contributed by atoms with van der Waals surface area (Å²) in [6.45, 7) is 0. The molecule has 84 valence electrons. The Bertz CT molecular complexity index is 416. The van der Waals surface area contributed by atoms with Crippen molar-refractivity contribution in [2.75, 3.05) is 11.5 Å². The first kappa shape index (κ1) is 11.1. The quantitative estimate of drug-likeness (QED) is 0.596. The molecule has 1 heterocycles. The number of nitro benzene ring substituents is 1. The van der Waals surface area contributed by atoms with Crippen LogP contribution in [-0.4, -0.2) is 22.2 Å². The molecule has 0 spiro atoms. The van der Waals surface area contributed by atoms with Crippen LogP contribution < -0.4 is 0 Å². The first-order chi connectivity index (χ1) is 7.66. The summed E-state index contributed by atoms with van der Waals surface area (Å²) in [5.74, 6) is 1.86. The number of thioether (sulfide) groups is 1. The Balaban J connectivity index is 2.05. The van der Waals surface area contributed by atoms with E-state index in [1.54, 1.807) is 23.9 Å². The molecule has 0 radical (unpaired) electrons. The summed E-state index contributed by atoms with van der Waals surface area (Å²) in [5, 5.41) is 10.5. The van der Waals surface area contributed by atoms with E-state index in [0.717, 1.165) is 11.3 Å². The zero-order valence-electron chi connectivity index (χ0n) is 8.59. The van der Waals surface area contributed by atoms with Gasteiger partial charge in [-0.3, -0.25) is 14.9 Å². The second-order valence-electron chi connectivity index (χ2n) is 3.81. The first-order valence-electron chi connectivity index (χ1n) is 5.00. The van der Waals surface area contributed by atoms with Crippen molar-refractivity contribution in [2.45, 2.75) is 6.42 Å². The molecule has 0 saturated carbocycles. The van der Waals surface area contributed by atoms with E-state index in [4.69, 9.17) is 0 Å². The predicted octanol–water partition coefficient (Wildman–Crippen LogP) is 2.07. The third-order valence-electron chi connectivity index (χ3n) is 2.65. The van der Waals surface area contributed by atoms with Crippen molar-refractivity contribution in [3.63, 3.8) is 0 Å². The van der Waals surface area contributed by atoms with Crippen LogP contribution >= 0.6 is 11.8 Å². The Kier molecular flexibility index (Phi) is 3.24. The SMILES string of the molecule is O=C1CSCC1Cc1ccc([N+](=O)[O-])cc1. The minimum atomic E-state index is -0.416. The van der Waals surface area contributed by atoms with Gasteiger partial charge in [0.05, 0.1) is 10.7 Å². The average Bonchev–Trinajstić information content (AvgIpc) is 2.65. The molecule has 1 aromatic carbocycles. The Labute approximate surface area is 97.2 Å². The van der Waals surface area contributed by atoms with Crippen LogP contribution in [0.15, 0.2) is 24.3 Å². The number of nitro groups is 1. The molecule has 0 aliphatic carbocycles. The average molecular weight is 237 g/mol. The number of benzene rings is 1. The molecule has 16 heavy (non-hydrogen) atoms. The van der Waals surface area contributed by atoms with Crippen LogP contribution in [0.4, 0.5) is 5.69 Å². The number of hydrogen-bond acceptors (Lipinski definition) is 4. The van der Waals surface area contributed by atoms with Gasteiger partial charge in [-0.05, 0) is 12.0 Å². The van der Waals surface area contributed by atoms with Crippen molar-refractivity contribution in [3.05, 3.63) is 39.9 Å². The van der Waals surface area contributed by atoms with E-state index in [-0.39, 0.29) is 11.6 Å². The lowest BCUT2D eigenvalue weighted by Crippen LogP contribution is -2.13. The van der Waals surface area contributed by atoms with E-state index in [9.17, 15) is 14.9 Å². The number of nitrogens with zero attached hydrogens (tertiary/aromatic N) is 1. The van der Waals surface area contributed by atoms with Gasteiger partial charge in [-0.2, -0.15) is 11.8 Å². The number of carbonyl (C=O) groups excluding carboxylic acids is 1. The second kappa shape index (κ2) is 4.65. The van der Waals surface area contributed by atoms with Crippen molar-refractivity contribution in [1.82, 2.24) is 0 Å². The maximum atomic E-state index is 11.4. The standard InChI is InChI=1S/C11H11NO3S/c13-11-7-16-6-9(11)5-8-1-3-10(4-2-8)12(14)15/h1-4,9H,5-7H2. The van der Waals surface area contributed by atoms with Crippen molar-refractivity contribution >= 4 is 23.2 Å². The van der Waals surface area contributed by atoms with Gasteiger partial charge < -0.3 is 0 Å². The van der Waals surface area contributed by atoms with Gasteiger partial charge in [-0.1, -0.05) is 12.1 Å². The van der Waals surface area contributed by atoms with Crippen LogP contribution in [0.1, 0.15) is 5.56 Å².